The molecule has 1 aliphatic carbocycles. The number of imidazole rings is 1. The molecule has 3 atom stereocenters. The number of hydrogen-bond donors (Lipinski definition) is 2. The van der Waals surface area contributed by atoms with Gasteiger partial charge in [0.25, 0.3) is 0 Å². The quantitative estimate of drug-likeness (QED) is 0.632. The number of halogens is 3. The second-order valence-electron chi connectivity index (χ2n) is 8.34. The van der Waals surface area contributed by atoms with Gasteiger partial charge in [-0.1, -0.05) is 12.1 Å². The zero-order valence-corrected chi connectivity index (χ0v) is 17.0. The Balaban J connectivity index is 1.24. The van der Waals surface area contributed by atoms with Crippen molar-refractivity contribution >= 4 is 28.5 Å². The average molecular weight is 442 g/mol. The maximum Gasteiger partial charge on any atom is 0.416 e. The van der Waals surface area contributed by atoms with Crippen molar-refractivity contribution < 1.29 is 22.8 Å². The zero-order valence-electron chi connectivity index (χ0n) is 17.0. The number of carbonyl (C=O) groups excluding carboxylic acids is 2. The molecule has 2 heterocycles. The zero-order chi connectivity index (χ0) is 22.5. The predicted octanol–water partition coefficient (Wildman–Crippen LogP) is 4.31. The number of para-hydroxylation sites is 2. The molecule has 2 aromatic carbocycles. The van der Waals surface area contributed by atoms with E-state index in [2.05, 4.69) is 15.3 Å². The number of carbonyl (C=O) groups is 2. The van der Waals surface area contributed by atoms with Gasteiger partial charge in [0.15, 0.2) is 0 Å². The second kappa shape index (κ2) is 7.65. The van der Waals surface area contributed by atoms with Crippen LogP contribution in [0.2, 0.25) is 0 Å². The van der Waals surface area contributed by atoms with Crippen LogP contribution in [0.4, 0.5) is 18.9 Å². The lowest BCUT2D eigenvalue weighted by atomic mass is 10.1. The van der Waals surface area contributed by atoms with E-state index < -0.39 is 17.8 Å². The number of aromatic nitrogens is 2. The number of likely N-dealkylation sites (tertiary alicyclic amines) is 1. The van der Waals surface area contributed by atoms with Gasteiger partial charge in [-0.15, -0.1) is 0 Å². The number of rotatable bonds is 4. The van der Waals surface area contributed by atoms with Gasteiger partial charge in [-0.25, -0.2) is 4.98 Å². The van der Waals surface area contributed by atoms with Crippen molar-refractivity contribution in [2.24, 2.45) is 5.92 Å². The number of benzene rings is 2. The predicted molar refractivity (Wildman–Crippen MR) is 112 cm³/mol. The summed E-state index contributed by atoms with van der Waals surface area (Å²) in [7, 11) is 0. The fraction of sp³-hybridized carbons (Fsp3) is 0.348. The van der Waals surface area contributed by atoms with Crippen LogP contribution in [0, 0.1) is 5.92 Å². The third kappa shape index (κ3) is 3.83. The van der Waals surface area contributed by atoms with Gasteiger partial charge in [0.2, 0.25) is 11.8 Å². The Morgan fingerprint density at radius 3 is 2.56 bits per heavy atom. The number of aromatic amines is 1. The van der Waals surface area contributed by atoms with Crippen LogP contribution in [0.15, 0.2) is 48.5 Å². The number of H-pyrrole nitrogens is 1. The molecule has 0 spiro atoms. The molecule has 1 saturated heterocycles. The molecule has 2 aliphatic rings. The maximum absolute atomic E-state index is 13.1. The topological polar surface area (TPSA) is 78.1 Å². The standard InChI is InChI=1S/C23H21F3N4O2/c24-23(25,26)13-7-9-14(10-8-13)27-21(31)19-6-3-11-30(19)22(32)16-12-15(16)20-28-17-4-1-2-5-18(17)29-20/h1-2,4-5,7-10,15-16,19H,3,6,11-12H2,(H,27,31)(H,28,29)/t15-,16-,19+/m0/s1. The number of nitrogens with zero attached hydrogens (tertiary/aromatic N) is 2. The lowest BCUT2D eigenvalue weighted by molar-refractivity contribution is -0.138. The van der Waals surface area contributed by atoms with E-state index in [0.717, 1.165) is 29.0 Å². The molecule has 32 heavy (non-hydrogen) atoms. The number of hydrogen-bond acceptors (Lipinski definition) is 3. The van der Waals surface area contributed by atoms with Crippen LogP contribution in [0.25, 0.3) is 11.0 Å². The SMILES string of the molecule is O=C(Nc1ccc(C(F)(F)F)cc1)[C@H]1CCCN1C(=O)[C@H]1C[C@@H]1c1nc2ccccc2[nH]1. The highest BCUT2D eigenvalue weighted by atomic mass is 19.4. The first-order chi connectivity index (χ1) is 15.3. The Hall–Kier alpha value is -3.36. The number of alkyl halides is 3. The Kier molecular flexibility index (Phi) is 4.91. The smallest absolute Gasteiger partial charge is 0.342 e. The van der Waals surface area contributed by atoms with Crippen molar-refractivity contribution in [3.05, 3.63) is 59.9 Å². The fourth-order valence-electron chi connectivity index (χ4n) is 4.40. The largest absolute Gasteiger partial charge is 0.416 e. The van der Waals surface area contributed by atoms with Crippen molar-refractivity contribution in [1.29, 1.82) is 0 Å². The van der Waals surface area contributed by atoms with Crippen molar-refractivity contribution in [3.8, 4) is 0 Å². The number of amides is 2. The van der Waals surface area contributed by atoms with Gasteiger partial charge >= 0.3 is 6.18 Å². The highest BCUT2D eigenvalue weighted by Gasteiger charge is 2.50. The van der Waals surface area contributed by atoms with E-state index in [-0.39, 0.29) is 29.3 Å². The Morgan fingerprint density at radius 2 is 1.84 bits per heavy atom. The van der Waals surface area contributed by atoms with Crippen molar-refractivity contribution in [2.75, 3.05) is 11.9 Å². The summed E-state index contributed by atoms with van der Waals surface area (Å²) in [6.07, 6.45) is -2.51. The van der Waals surface area contributed by atoms with Crippen LogP contribution < -0.4 is 5.32 Å². The molecule has 1 aromatic heterocycles. The molecule has 2 amide bonds. The van der Waals surface area contributed by atoms with Gasteiger partial charge in [-0.3, -0.25) is 9.59 Å². The van der Waals surface area contributed by atoms with Gasteiger partial charge in [-0.2, -0.15) is 13.2 Å². The van der Waals surface area contributed by atoms with Gasteiger partial charge in [-0.05, 0) is 55.7 Å². The van der Waals surface area contributed by atoms with Crippen molar-refractivity contribution in [2.45, 2.75) is 37.4 Å². The van der Waals surface area contributed by atoms with Gasteiger partial charge in [0.05, 0.1) is 16.6 Å². The van der Waals surface area contributed by atoms with E-state index in [1.54, 1.807) is 4.90 Å². The minimum absolute atomic E-state index is 0.00845. The summed E-state index contributed by atoms with van der Waals surface area (Å²) >= 11 is 0. The summed E-state index contributed by atoms with van der Waals surface area (Å²) in [5.41, 5.74) is 1.28. The Morgan fingerprint density at radius 1 is 1.09 bits per heavy atom. The highest BCUT2D eigenvalue weighted by Crippen LogP contribution is 2.48. The van der Waals surface area contributed by atoms with Crippen LogP contribution >= 0.6 is 0 Å². The van der Waals surface area contributed by atoms with Crippen LogP contribution in [0.5, 0.6) is 0 Å². The minimum Gasteiger partial charge on any atom is -0.342 e. The summed E-state index contributed by atoms with van der Waals surface area (Å²) in [5, 5.41) is 2.65. The van der Waals surface area contributed by atoms with Crippen molar-refractivity contribution in [1.82, 2.24) is 14.9 Å². The minimum atomic E-state index is -4.43. The van der Waals surface area contributed by atoms with Crippen LogP contribution in [-0.2, 0) is 15.8 Å². The summed E-state index contributed by atoms with van der Waals surface area (Å²) < 4.78 is 38.2. The van der Waals surface area contributed by atoms with Gasteiger partial charge < -0.3 is 15.2 Å². The maximum atomic E-state index is 13.1. The van der Waals surface area contributed by atoms with E-state index in [0.29, 0.717) is 25.8 Å². The molecule has 0 unspecified atom stereocenters. The average Bonchev–Trinajstić information content (AvgIpc) is 3.20. The normalized spacial score (nSPS) is 22.8. The third-order valence-corrected chi connectivity index (χ3v) is 6.18. The molecule has 0 radical (unpaired) electrons. The second-order valence-corrected chi connectivity index (χ2v) is 8.34. The van der Waals surface area contributed by atoms with Gasteiger partial charge in [0, 0.05) is 24.1 Å². The number of nitrogens with one attached hydrogen (secondary N) is 2. The van der Waals surface area contributed by atoms with Gasteiger partial charge in [0.1, 0.15) is 11.9 Å². The first-order valence-electron chi connectivity index (χ1n) is 10.5. The molecular formula is C23H21F3N4O2. The fourth-order valence-corrected chi connectivity index (χ4v) is 4.40. The molecule has 0 bridgehead atoms. The van der Waals surface area contributed by atoms with E-state index >= 15 is 0 Å². The highest BCUT2D eigenvalue weighted by molar-refractivity contribution is 5.98. The van der Waals surface area contributed by atoms with E-state index in [1.165, 1.54) is 12.1 Å². The first-order valence-corrected chi connectivity index (χ1v) is 10.5. The van der Waals surface area contributed by atoms with Crippen molar-refractivity contribution in [3.63, 3.8) is 0 Å². The number of anilines is 1. The molecule has 166 valence electrons. The van der Waals surface area contributed by atoms with Crippen LogP contribution in [0.1, 0.15) is 36.6 Å². The molecule has 1 saturated carbocycles. The molecular weight excluding hydrogens is 421 g/mol. The molecule has 2 fully saturated rings. The lowest BCUT2D eigenvalue weighted by Gasteiger charge is -2.24. The Labute approximate surface area is 181 Å². The molecule has 1 aliphatic heterocycles. The summed E-state index contributed by atoms with van der Waals surface area (Å²) in [5.74, 6) is 0.135. The van der Waals surface area contributed by atoms with Crippen LogP contribution in [0.3, 0.4) is 0 Å². The summed E-state index contributed by atoms with van der Waals surface area (Å²) in [4.78, 5) is 35.3. The summed E-state index contributed by atoms with van der Waals surface area (Å²) in [6.45, 7) is 0.493. The van der Waals surface area contributed by atoms with Crippen LogP contribution in [-0.4, -0.2) is 39.3 Å². The van der Waals surface area contributed by atoms with E-state index in [1.807, 2.05) is 24.3 Å². The Bertz CT molecular complexity index is 1140. The third-order valence-electron chi connectivity index (χ3n) is 6.18. The van der Waals surface area contributed by atoms with E-state index in [4.69, 9.17) is 0 Å². The lowest BCUT2D eigenvalue weighted by Crippen LogP contribution is -2.44. The first kappa shape index (κ1) is 20.5. The molecule has 3 aromatic rings. The molecule has 6 nitrogen and oxygen atoms in total. The molecule has 2 N–H and O–H groups in total. The molecule has 5 rings (SSSR count). The summed E-state index contributed by atoms with van der Waals surface area (Å²) in [6, 6.07) is 11.4. The van der Waals surface area contributed by atoms with E-state index in [9.17, 15) is 22.8 Å². The number of fused-ring (bicyclic) bond motifs is 1. The molecule has 9 heteroatoms. The monoisotopic (exact) mass is 442 g/mol.